The van der Waals surface area contributed by atoms with E-state index in [-0.39, 0.29) is 22.9 Å². The van der Waals surface area contributed by atoms with Crippen LogP contribution in [0.15, 0.2) is 23.1 Å². The average molecular weight is 329 g/mol. The summed E-state index contributed by atoms with van der Waals surface area (Å²) < 4.78 is 32.1. The molecule has 0 aromatic heterocycles. The highest BCUT2D eigenvalue weighted by Gasteiger charge is 2.23. The third-order valence-corrected chi connectivity index (χ3v) is 5.08. The fraction of sp³-hybridized carbons (Fsp3) is 0.538. The molecule has 1 aliphatic rings. The van der Waals surface area contributed by atoms with Gasteiger partial charge in [0, 0.05) is 24.7 Å². The highest BCUT2D eigenvalue weighted by molar-refractivity contribution is 7.89. The van der Waals surface area contributed by atoms with E-state index in [9.17, 15) is 18.5 Å². The number of nitro benzene ring substituents is 1. The predicted molar refractivity (Wildman–Crippen MR) is 80.5 cm³/mol. The van der Waals surface area contributed by atoms with Crippen LogP contribution in [0.1, 0.15) is 19.3 Å². The molecule has 1 fully saturated rings. The molecule has 122 valence electrons. The number of methoxy groups -OCH3 is 1. The molecule has 9 heteroatoms. The molecule has 0 saturated carbocycles. The van der Waals surface area contributed by atoms with E-state index in [4.69, 9.17) is 4.74 Å². The molecule has 0 amide bonds. The van der Waals surface area contributed by atoms with Crippen LogP contribution in [0, 0.1) is 10.1 Å². The summed E-state index contributed by atoms with van der Waals surface area (Å²) in [6.45, 7) is 1.22. The zero-order valence-electron chi connectivity index (χ0n) is 12.2. The van der Waals surface area contributed by atoms with Gasteiger partial charge in [-0.3, -0.25) is 10.1 Å². The monoisotopic (exact) mass is 329 g/mol. The zero-order valence-corrected chi connectivity index (χ0v) is 13.1. The summed E-state index contributed by atoms with van der Waals surface area (Å²) in [6, 6.07) is 3.82. The summed E-state index contributed by atoms with van der Waals surface area (Å²) in [4.78, 5) is 9.95. The lowest BCUT2D eigenvalue weighted by atomic mass is 10.2. The van der Waals surface area contributed by atoms with Crippen molar-refractivity contribution in [1.29, 1.82) is 0 Å². The van der Waals surface area contributed by atoms with Crippen LogP contribution in [0.3, 0.4) is 0 Å². The van der Waals surface area contributed by atoms with E-state index in [2.05, 4.69) is 10.0 Å². The van der Waals surface area contributed by atoms with Crippen LogP contribution >= 0.6 is 0 Å². The maximum absolute atomic E-state index is 12.3. The van der Waals surface area contributed by atoms with Gasteiger partial charge in [-0.2, -0.15) is 0 Å². The highest BCUT2D eigenvalue weighted by Crippen LogP contribution is 2.28. The van der Waals surface area contributed by atoms with E-state index >= 15 is 0 Å². The van der Waals surface area contributed by atoms with E-state index in [0.717, 1.165) is 25.5 Å². The molecule has 1 aliphatic heterocycles. The Hall–Kier alpha value is -1.71. The van der Waals surface area contributed by atoms with Crippen LogP contribution in [0.25, 0.3) is 0 Å². The standard InChI is InChI=1S/C13H19N3O5S/c1-21-12-5-4-11(16(17)18)9-13(12)22(19,20)15-8-6-10-3-2-7-14-10/h4-5,9-10,14-15H,2-3,6-8H2,1H3/t10-/m1/s1. The molecule has 0 aliphatic carbocycles. The fourth-order valence-corrected chi connectivity index (χ4v) is 3.67. The number of nitrogens with zero attached hydrogens (tertiary/aromatic N) is 1. The van der Waals surface area contributed by atoms with E-state index in [0.29, 0.717) is 12.5 Å². The van der Waals surface area contributed by atoms with Gasteiger partial charge in [-0.15, -0.1) is 0 Å². The summed E-state index contributed by atoms with van der Waals surface area (Å²) >= 11 is 0. The number of benzene rings is 1. The number of ether oxygens (including phenoxy) is 1. The van der Waals surface area contributed by atoms with Gasteiger partial charge in [-0.25, -0.2) is 13.1 Å². The second-order valence-electron chi connectivity index (χ2n) is 5.07. The number of rotatable bonds is 7. The van der Waals surface area contributed by atoms with Gasteiger partial charge < -0.3 is 10.1 Å². The fourth-order valence-electron chi connectivity index (χ4n) is 2.44. The molecule has 2 N–H and O–H groups in total. The predicted octanol–water partition coefficient (Wildman–Crippen LogP) is 1.02. The highest BCUT2D eigenvalue weighted by atomic mass is 32.2. The van der Waals surface area contributed by atoms with Crippen molar-refractivity contribution in [3.63, 3.8) is 0 Å². The molecule has 1 aromatic carbocycles. The minimum atomic E-state index is -3.86. The molecule has 1 aromatic rings. The van der Waals surface area contributed by atoms with E-state index in [1.54, 1.807) is 0 Å². The van der Waals surface area contributed by atoms with Gasteiger partial charge >= 0.3 is 0 Å². The molecule has 0 spiro atoms. The largest absolute Gasteiger partial charge is 0.495 e. The Kier molecular flexibility index (Phi) is 5.33. The Bertz CT molecular complexity index is 641. The number of sulfonamides is 1. The Morgan fingerprint density at radius 3 is 2.86 bits per heavy atom. The summed E-state index contributed by atoms with van der Waals surface area (Å²) in [5.74, 6) is 0.0806. The molecule has 22 heavy (non-hydrogen) atoms. The molecular formula is C13H19N3O5S. The van der Waals surface area contributed by atoms with Crippen LogP contribution < -0.4 is 14.8 Å². The molecule has 2 rings (SSSR count). The maximum atomic E-state index is 12.3. The second-order valence-corrected chi connectivity index (χ2v) is 6.81. The van der Waals surface area contributed by atoms with Gasteiger partial charge in [0.2, 0.25) is 10.0 Å². The van der Waals surface area contributed by atoms with E-state index in [1.807, 2.05) is 0 Å². The first-order chi connectivity index (χ1) is 10.4. The zero-order chi connectivity index (χ0) is 16.2. The van der Waals surface area contributed by atoms with Crippen molar-refractivity contribution in [1.82, 2.24) is 10.0 Å². The van der Waals surface area contributed by atoms with E-state index < -0.39 is 14.9 Å². The van der Waals surface area contributed by atoms with Crippen molar-refractivity contribution in [2.75, 3.05) is 20.2 Å². The molecule has 1 saturated heterocycles. The molecule has 0 bridgehead atoms. The first-order valence-electron chi connectivity index (χ1n) is 6.99. The first-order valence-corrected chi connectivity index (χ1v) is 8.48. The molecule has 0 radical (unpaired) electrons. The normalized spacial score (nSPS) is 18.3. The smallest absolute Gasteiger partial charge is 0.271 e. The van der Waals surface area contributed by atoms with Crippen LogP contribution in [0.5, 0.6) is 5.75 Å². The van der Waals surface area contributed by atoms with E-state index in [1.165, 1.54) is 19.2 Å². The third-order valence-electron chi connectivity index (χ3n) is 3.59. The molecule has 1 atom stereocenters. The van der Waals surface area contributed by atoms with Gasteiger partial charge in [0.05, 0.1) is 12.0 Å². The summed E-state index contributed by atoms with van der Waals surface area (Å²) in [5, 5.41) is 14.1. The molecular weight excluding hydrogens is 310 g/mol. The minimum Gasteiger partial charge on any atom is -0.495 e. The number of nitrogens with one attached hydrogen (secondary N) is 2. The SMILES string of the molecule is COc1ccc([N+](=O)[O-])cc1S(=O)(=O)NCC[C@H]1CCCN1. The lowest BCUT2D eigenvalue weighted by molar-refractivity contribution is -0.385. The molecule has 0 unspecified atom stereocenters. The van der Waals surface area contributed by atoms with Gasteiger partial charge in [0.15, 0.2) is 0 Å². The Morgan fingerprint density at radius 1 is 1.50 bits per heavy atom. The van der Waals surface area contributed by atoms with Crippen molar-refractivity contribution in [2.45, 2.75) is 30.2 Å². The van der Waals surface area contributed by atoms with Crippen molar-refractivity contribution in [3.05, 3.63) is 28.3 Å². The lowest BCUT2D eigenvalue weighted by Gasteiger charge is -2.13. The van der Waals surface area contributed by atoms with Gasteiger partial charge in [-0.05, 0) is 31.9 Å². The van der Waals surface area contributed by atoms with Gasteiger partial charge in [0.1, 0.15) is 10.6 Å². The third kappa shape index (κ3) is 3.93. The summed E-state index contributed by atoms with van der Waals surface area (Å²) in [7, 11) is -2.54. The van der Waals surface area contributed by atoms with Crippen LogP contribution in [-0.2, 0) is 10.0 Å². The van der Waals surface area contributed by atoms with Crippen molar-refractivity contribution in [3.8, 4) is 5.75 Å². The molecule has 8 nitrogen and oxygen atoms in total. The Morgan fingerprint density at radius 2 is 2.27 bits per heavy atom. The van der Waals surface area contributed by atoms with Crippen LogP contribution in [0.4, 0.5) is 5.69 Å². The lowest BCUT2D eigenvalue weighted by Crippen LogP contribution is -2.30. The van der Waals surface area contributed by atoms with Crippen molar-refractivity contribution in [2.24, 2.45) is 0 Å². The maximum Gasteiger partial charge on any atom is 0.271 e. The van der Waals surface area contributed by atoms with Crippen LogP contribution in [-0.4, -0.2) is 39.6 Å². The van der Waals surface area contributed by atoms with Crippen LogP contribution in [0.2, 0.25) is 0 Å². The number of hydrogen-bond acceptors (Lipinski definition) is 6. The molecule has 1 heterocycles. The van der Waals surface area contributed by atoms with Crippen molar-refractivity contribution < 1.29 is 18.1 Å². The summed E-state index contributed by atoms with van der Waals surface area (Å²) in [5.41, 5.74) is -0.293. The number of hydrogen-bond donors (Lipinski definition) is 2. The topological polar surface area (TPSA) is 111 Å². The quantitative estimate of drug-likeness (QED) is 0.571. The summed E-state index contributed by atoms with van der Waals surface area (Å²) in [6.07, 6.45) is 2.80. The average Bonchev–Trinajstić information content (AvgIpc) is 2.99. The number of nitro groups is 1. The van der Waals surface area contributed by atoms with Crippen molar-refractivity contribution >= 4 is 15.7 Å². The first kappa shape index (κ1) is 16.7. The second kappa shape index (κ2) is 7.03. The van der Waals surface area contributed by atoms with Gasteiger partial charge in [-0.1, -0.05) is 0 Å². The Balaban J connectivity index is 2.12. The minimum absolute atomic E-state index is 0.0806. The van der Waals surface area contributed by atoms with Gasteiger partial charge in [0.25, 0.3) is 5.69 Å². The number of non-ortho nitro benzene ring substituents is 1. The Labute approximate surface area is 129 Å².